The van der Waals surface area contributed by atoms with E-state index >= 15 is 0 Å². The minimum Gasteiger partial charge on any atom is -0.389 e. The molecule has 0 heterocycles. The van der Waals surface area contributed by atoms with Gasteiger partial charge in [-0.2, -0.15) is 0 Å². The van der Waals surface area contributed by atoms with Gasteiger partial charge >= 0.3 is 0 Å². The highest BCUT2D eigenvalue weighted by atomic mass is 127. The van der Waals surface area contributed by atoms with Crippen LogP contribution < -0.4 is 0 Å². The summed E-state index contributed by atoms with van der Waals surface area (Å²) in [6.45, 7) is 3.69. The molecule has 0 spiro atoms. The van der Waals surface area contributed by atoms with Crippen molar-refractivity contribution in [1.82, 2.24) is 0 Å². The molecule has 0 rings (SSSR count). The minimum absolute atomic E-state index is 0.295. The Bertz CT molecular complexity index is 72.1. The van der Waals surface area contributed by atoms with Crippen LogP contribution in [0.1, 0.15) is 13.8 Å². The van der Waals surface area contributed by atoms with Crippen LogP contribution in [0.4, 0.5) is 0 Å². The van der Waals surface area contributed by atoms with Crippen molar-refractivity contribution in [2.75, 3.05) is 0 Å². The largest absolute Gasteiger partial charge is 0.389 e. The second-order valence-corrected chi connectivity index (χ2v) is 3.20. The molecule has 7 heavy (non-hydrogen) atoms. The van der Waals surface area contributed by atoms with Gasteiger partial charge in [-0.1, -0.05) is 0 Å². The average molecular weight is 212 g/mol. The highest BCUT2D eigenvalue weighted by Gasteiger charge is 1.85. The highest BCUT2D eigenvalue weighted by Crippen LogP contribution is 2.03. The molecule has 1 atom stereocenters. The van der Waals surface area contributed by atoms with Gasteiger partial charge in [0.2, 0.25) is 0 Å². The Morgan fingerprint density at radius 2 is 2.29 bits per heavy atom. The van der Waals surface area contributed by atoms with Crippen LogP contribution in [0.5, 0.6) is 0 Å². The second-order valence-electron chi connectivity index (χ2n) is 1.49. The van der Waals surface area contributed by atoms with Gasteiger partial charge in [0.05, 0.1) is 6.10 Å². The Kier molecular flexibility index (Phi) is 3.65. The molecule has 0 saturated carbocycles. The lowest BCUT2D eigenvalue weighted by Gasteiger charge is -1.91. The van der Waals surface area contributed by atoms with Gasteiger partial charge in [-0.25, -0.2) is 0 Å². The van der Waals surface area contributed by atoms with E-state index in [1.54, 1.807) is 13.0 Å². The first-order chi connectivity index (χ1) is 3.13. The first-order valence-electron chi connectivity index (χ1n) is 2.15. The number of aliphatic hydroxyl groups excluding tert-OH is 1. The molecule has 0 saturated heterocycles. The SMILES string of the molecule is CC(I)=CC(C)O. The van der Waals surface area contributed by atoms with Gasteiger partial charge < -0.3 is 5.11 Å². The zero-order valence-electron chi connectivity index (χ0n) is 4.48. The lowest BCUT2D eigenvalue weighted by atomic mass is 10.4. The van der Waals surface area contributed by atoms with Gasteiger partial charge in [-0.05, 0) is 46.1 Å². The summed E-state index contributed by atoms with van der Waals surface area (Å²) in [7, 11) is 0. The summed E-state index contributed by atoms with van der Waals surface area (Å²) in [5.41, 5.74) is 0. The molecule has 2 heteroatoms. The van der Waals surface area contributed by atoms with Crippen LogP contribution in [-0.4, -0.2) is 11.2 Å². The summed E-state index contributed by atoms with van der Waals surface area (Å²) in [5.74, 6) is 0. The molecule has 0 aromatic heterocycles. The topological polar surface area (TPSA) is 20.2 Å². The van der Waals surface area contributed by atoms with Crippen LogP contribution in [0.25, 0.3) is 0 Å². The molecular weight excluding hydrogens is 203 g/mol. The average Bonchev–Trinajstić information content (AvgIpc) is 1.27. The van der Waals surface area contributed by atoms with Crippen LogP contribution >= 0.6 is 22.6 Å². The zero-order valence-corrected chi connectivity index (χ0v) is 6.64. The summed E-state index contributed by atoms with van der Waals surface area (Å²) in [6, 6.07) is 0. The second kappa shape index (κ2) is 3.43. The van der Waals surface area contributed by atoms with Gasteiger partial charge in [0.1, 0.15) is 0 Å². The first kappa shape index (κ1) is 7.43. The third-order valence-electron chi connectivity index (χ3n) is 0.471. The van der Waals surface area contributed by atoms with E-state index in [0.717, 1.165) is 3.58 Å². The fourth-order valence-corrected chi connectivity index (χ4v) is 0.853. The van der Waals surface area contributed by atoms with Crippen molar-refractivity contribution >= 4 is 22.6 Å². The van der Waals surface area contributed by atoms with Crippen LogP contribution in [0, 0.1) is 0 Å². The van der Waals surface area contributed by atoms with Crippen LogP contribution in [0.2, 0.25) is 0 Å². The maximum Gasteiger partial charge on any atom is 0.0702 e. The van der Waals surface area contributed by atoms with Gasteiger partial charge in [0.25, 0.3) is 0 Å². The molecule has 0 aliphatic carbocycles. The maximum atomic E-state index is 8.64. The Labute approximate surface area is 57.6 Å². The maximum absolute atomic E-state index is 8.64. The molecule has 0 radical (unpaired) electrons. The zero-order chi connectivity index (χ0) is 5.86. The van der Waals surface area contributed by atoms with Crippen LogP contribution in [0.15, 0.2) is 9.66 Å². The molecule has 0 amide bonds. The van der Waals surface area contributed by atoms with E-state index in [0.29, 0.717) is 0 Å². The number of hydrogen-bond acceptors (Lipinski definition) is 1. The normalized spacial score (nSPS) is 16.9. The first-order valence-corrected chi connectivity index (χ1v) is 3.23. The Hall–Kier alpha value is 0.430. The number of halogens is 1. The molecule has 1 N–H and O–H groups in total. The van der Waals surface area contributed by atoms with Crippen molar-refractivity contribution < 1.29 is 5.11 Å². The summed E-state index contributed by atoms with van der Waals surface area (Å²) >= 11 is 2.16. The minimum atomic E-state index is -0.295. The van der Waals surface area contributed by atoms with Crippen molar-refractivity contribution in [2.24, 2.45) is 0 Å². The molecule has 0 aromatic rings. The molecule has 0 aliphatic rings. The molecule has 1 nitrogen and oxygen atoms in total. The lowest BCUT2D eigenvalue weighted by Crippen LogP contribution is -1.91. The number of aliphatic hydroxyl groups is 1. The third kappa shape index (κ3) is 6.43. The van der Waals surface area contributed by atoms with Crippen LogP contribution in [0.3, 0.4) is 0 Å². The van der Waals surface area contributed by atoms with Crippen molar-refractivity contribution in [2.45, 2.75) is 20.0 Å². The number of hydrogen-bond donors (Lipinski definition) is 1. The monoisotopic (exact) mass is 212 g/mol. The van der Waals surface area contributed by atoms with E-state index < -0.39 is 0 Å². The standard InChI is InChI=1S/C5H9IO/c1-4(6)3-5(2)7/h3,5,7H,1-2H3. The lowest BCUT2D eigenvalue weighted by molar-refractivity contribution is 0.244. The third-order valence-corrected chi connectivity index (χ3v) is 0.830. The van der Waals surface area contributed by atoms with Crippen molar-refractivity contribution in [3.8, 4) is 0 Å². The fourth-order valence-electron chi connectivity index (χ4n) is 0.332. The van der Waals surface area contributed by atoms with Crippen molar-refractivity contribution in [1.29, 1.82) is 0 Å². The molecule has 0 fully saturated rings. The smallest absolute Gasteiger partial charge is 0.0702 e. The number of allylic oxidation sites excluding steroid dienone is 1. The van der Waals surface area contributed by atoms with E-state index in [9.17, 15) is 0 Å². The van der Waals surface area contributed by atoms with Crippen LogP contribution in [-0.2, 0) is 0 Å². The molecule has 0 aromatic carbocycles. The molecule has 42 valence electrons. The summed E-state index contributed by atoms with van der Waals surface area (Å²) < 4.78 is 1.13. The Morgan fingerprint density at radius 1 is 1.86 bits per heavy atom. The molecule has 1 unspecified atom stereocenters. The van der Waals surface area contributed by atoms with E-state index in [2.05, 4.69) is 22.6 Å². The summed E-state index contributed by atoms with van der Waals surface area (Å²) in [4.78, 5) is 0. The fraction of sp³-hybridized carbons (Fsp3) is 0.600. The summed E-state index contributed by atoms with van der Waals surface area (Å²) in [6.07, 6.45) is 1.50. The van der Waals surface area contributed by atoms with Gasteiger partial charge in [-0.15, -0.1) is 0 Å². The molecule has 0 aliphatic heterocycles. The van der Waals surface area contributed by atoms with Gasteiger partial charge in [0, 0.05) is 0 Å². The molecular formula is C5H9IO. The number of rotatable bonds is 1. The highest BCUT2D eigenvalue weighted by molar-refractivity contribution is 14.1. The molecule has 0 bridgehead atoms. The quantitative estimate of drug-likeness (QED) is 0.656. The van der Waals surface area contributed by atoms with Gasteiger partial charge in [-0.3, -0.25) is 0 Å². The Balaban J connectivity index is 3.45. The summed E-state index contributed by atoms with van der Waals surface area (Å²) in [5, 5.41) is 8.64. The van der Waals surface area contributed by atoms with E-state index in [4.69, 9.17) is 5.11 Å². The predicted molar refractivity (Wildman–Crippen MR) is 39.5 cm³/mol. The van der Waals surface area contributed by atoms with Crippen molar-refractivity contribution in [3.05, 3.63) is 9.66 Å². The van der Waals surface area contributed by atoms with Crippen molar-refractivity contribution in [3.63, 3.8) is 0 Å². The predicted octanol–water partition coefficient (Wildman–Crippen LogP) is 1.71. The van der Waals surface area contributed by atoms with E-state index in [1.807, 2.05) is 6.92 Å². The Morgan fingerprint density at radius 3 is 2.29 bits per heavy atom. The van der Waals surface area contributed by atoms with E-state index in [1.165, 1.54) is 0 Å². The van der Waals surface area contributed by atoms with Gasteiger partial charge in [0.15, 0.2) is 0 Å². The van der Waals surface area contributed by atoms with E-state index in [-0.39, 0.29) is 6.10 Å².